The third kappa shape index (κ3) is 3.85. The maximum absolute atomic E-state index is 11.6. The van der Waals surface area contributed by atoms with E-state index < -0.39 is 10.0 Å². The molecule has 7 nitrogen and oxygen atoms in total. The van der Waals surface area contributed by atoms with Gasteiger partial charge in [0.1, 0.15) is 0 Å². The molecule has 0 saturated carbocycles. The van der Waals surface area contributed by atoms with Crippen molar-refractivity contribution < 1.29 is 13.2 Å². The highest BCUT2D eigenvalue weighted by Gasteiger charge is 2.21. The van der Waals surface area contributed by atoms with Crippen molar-refractivity contribution in [3.63, 3.8) is 0 Å². The second-order valence-electron chi connectivity index (χ2n) is 4.98. The van der Waals surface area contributed by atoms with E-state index in [1.165, 1.54) is 7.05 Å². The normalized spacial score (nSPS) is 16.7. The number of nitrogens with one attached hydrogen (secondary N) is 2. The molecule has 1 saturated heterocycles. The Morgan fingerprint density at radius 2 is 1.81 bits per heavy atom. The average molecular weight is 312 g/mol. The molecule has 0 spiro atoms. The molecule has 8 heteroatoms. The first-order valence-electron chi connectivity index (χ1n) is 6.77. The lowest BCUT2D eigenvalue weighted by molar-refractivity contribution is 0.193. The molecule has 1 aromatic carbocycles. The van der Waals surface area contributed by atoms with Gasteiger partial charge < -0.3 is 16.0 Å². The lowest BCUT2D eigenvalue weighted by atomic mass is 10.1. The Bertz CT molecular complexity index is 592. The van der Waals surface area contributed by atoms with Crippen molar-refractivity contribution in [1.29, 1.82) is 0 Å². The number of carbonyl (C=O) groups excluding carboxylic acids is 1. The van der Waals surface area contributed by atoms with Gasteiger partial charge in [0.25, 0.3) is 0 Å². The largest absolute Gasteiger partial charge is 0.382 e. The fraction of sp³-hybridized carbons (Fsp3) is 0.462. The van der Waals surface area contributed by atoms with Crippen molar-refractivity contribution in [2.75, 3.05) is 25.5 Å². The number of benzene rings is 1. The molecule has 0 aliphatic carbocycles. The number of hydrogen-bond acceptors (Lipinski definition) is 4. The summed E-state index contributed by atoms with van der Waals surface area (Å²) < 4.78 is 25.5. The molecule has 1 aromatic rings. The number of amides is 2. The Morgan fingerprint density at radius 3 is 2.29 bits per heavy atom. The minimum absolute atomic E-state index is 0.235. The van der Waals surface area contributed by atoms with Gasteiger partial charge in [-0.25, -0.2) is 17.9 Å². The van der Waals surface area contributed by atoms with Crippen LogP contribution >= 0.6 is 0 Å². The van der Waals surface area contributed by atoms with Gasteiger partial charge in [0.05, 0.1) is 4.90 Å². The average Bonchev–Trinajstić information content (AvgIpc) is 2.48. The van der Waals surface area contributed by atoms with Crippen molar-refractivity contribution in [2.45, 2.75) is 23.8 Å². The topological polar surface area (TPSA) is 105 Å². The van der Waals surface area contributed by atoms with Gasteiger partial charge in [-0.3, -0.25) is 0 Å². The SMILES string of the molecule is CNS(=O)(=O)c1ccc(NC2CCN(C(N)=O)CC2)cc1. The summed E-state index contributed by atoms with van der Waals surface area (Å²) in [5.41, 5.74) is 6.10. The summed E-state index contributed by atoms with van der Waals surface area (Å²) in [5, 5.41) is 3.34. The predicted octanol–water partition coefficient (Wildman–Crippen LogP) is 0.550. The van der Waals surface area contributed by atoms with Gasteiger partial charge in [-0.2, -0.15) is 0 Å². The van der Waals surface area contributed by atoms with Gasteiger partial charge >= 0.3 is 6.03 Å². The lowest BCUT2D eigenvalue weighted by Gasteiger charge is -2.31. The Kier molecular flexibility index (Phi) is 4.69. The third-order valence-corrected chi connectivity index (χ3v) is 5.04. The monoisotopic (exact) mass is 312 g/mol. The van der Waals surface area contributed by atoms with Crippen LogP contribution in [0.15, 0.2) is 29.2 Å². The molecule has 0 aromatic heterocycles. The summed E-state index contributed by atoms with van der Waals surface area (Å²) in [7, 11) is -2.02. The summed E-state index contributed by atoms with van der Waals surface area (Å²) >= 11 is 0. The highest BCUT2D eigenvalue weighted by Crippen LogP contribution is 2.18. The highest BCUT2D eigenvalue weighted by atomic mass is 32.2. The third-order valence-electron chi connectivity index (χ3n) is 3.61. The smallest absolute Gasteiger partial charge is 0.314 e. The Balaban J connectivity index is 1.94. The number of urea groups is 1. The van der Waals surface area contributed by atoms with Crippen LogP contribution < -0.4 is 15.8 Å². The summed E-state index contributed by atoms with van der Waals surface area (Å²) in [6.07, 6.45) is 1.64. The zero-order valence-corrected chi connectivity index (χ0v) is 12.7. The van der Waals surface area contributed by atoms with E-state index in [1.807, 2.05) is 0 Å². The zero-order chi connectivity index (χ0) is 15.5. The summed E-state index contributed by atoms with van der Waals surface area (Å²) in [6, 6.07) is 6.48. The van der Waals surface area contributed by atoms with E-state index in [4.69, 9.17) is 5.73 Å². The van der Waals surface area contributed by atoms with Crippen LogP contribution in [0.3, 0.4) is 0 Å². The molecule has 1 aliphatic heterocycles. The highest BCUT2D eigenvalue weighted by molar-refractivity contribution is 7.89. The number of piperidine rings is 1. The number of carbonyl (C=O) groups is 1. The van der Waals surface area contributed by atoms with E-state index in [0.717, 1.165) is 18.5 Å². The molecule has 0 unspecified atom stereocenters. The molecule has 4 N–H and O–H groups in total. The number of hydrogen-bond donors (Lipinski definition) is 3. The maximum atomic E-state index is 11.6. The van der Waals surface area contributed by atoms with E-state index in [9.17, 15) is 13.2 Å². The van der Waals surface area contributed by atoms with E-state index >= 15 is 0 Å². The van der Waals surface area contributed by atoms with Crippen LogP contribution in [0.25, 0.3) is 0 Å². The Hall–Kier alpha value is -1.80. The van der Waals surface area contributed by atoms with Gasteiger partial charge in [0, 0.05) is 24.8 Å². The van der Waals surface area contributed by atoms with Crippen LogP contribution in [0.5, 0.6) is 0 Å². The molecular weight excluding hydrogens is 292 g/mol. The Morgan fingerprint density at radius 1 is 1.24 bits per heavy atom. The number of anilines is 1. The molecule has 116 valence electrons. The van der Waals surface area contributed by atoms with Crippen LogP contribution in [0.2, 0.25) is 0 Å². The van der Waals surface area contributed by atoms with E-state index in [0.29, 0.717) is 13.1 Å². The minimum Gasteiger partial charge on any atom is -0.382 e. The van der Waals surface area contributed by atoms with Gasteiger partial charge in [-0.1, -0.05) is 0 Å². The number of nitrogens with two attached hydrogens (primary N) is 1. The van der Waals surface area contributed by atoms with Crippen molar-refractivity contribution in [1.82, 2.24) is 9.62 Å². The fourth-order valence-electron chi connectivity index (χ4n) is 2.33. The van der Waals surface area contributed by atoms with Crippen LogP contribution in [0, 0.1) is 0 Å². The van der Waals surface area contributed by atoms with Crippen molar-refractivity contribution in [2.24, 2.45) is 5.73 Å². The van der Waals surface area contributed by atoms with Crippen LogP contribution in [-0.4, -0.2) is 45.5 Å². The summed E-state index contributed by atoms with van der Waals surface area (Å²) in [4.78, 5) is 12.9. The lowest BCUT2D eigenvalue weighted by Crippen LogP contribution is -2.44. The number of nitrogens with zero attached hydrogens (tertiary/aromatic N) is 1. The molecule has 2 rings (SSSR count). The van der Waals surface area contributed by atoms with E-state index in [-0.39, 0.29) is 17.0 Å². The predicted molar refractivity (Wildman–Crippen MR) is 80.5 cm³/mol. The van der Waals surface area contributed by atoms with Crippen molar-refractivity contribution in [3.8, 4) is 0 Å². The van der Waals surface area contributed by atoms with Gasteiger partial charge in [0.15, 0.2) is 0 Å². The zero-order valence-electron chi connectivity index (χ0n) is 11.9. The van der Waals surface area contributed by atoms with Crippen LogP contribution in [0.4, 0.5) is 10.5 Å². The number of rotatable bonds is 4. The summed E-state index contributed by atoms with van der Waals surface area (Å²) in [5.74, 6) is 0. The van der Waals surface area contributed by atoms with Crippen LogP contribution in [0.1, 0.15) is 12.8 Å². The second-order valence-corrected chi connectivity index (χ2v) is 6.86. The number of primary amides is 1. The quantitative estimate of drug-likeness (QED) is 0.755. The molecule has 2 amide bonds. The molecule has 0 radical (unpaired) electrons. The van der Waals surface area contributed by atoms with Crippen molar-refractivity contribution in [3.05, 3.63) is 24.3 Å². The summed E-state index contributed by atoms with van der Waals surface area (Å²) in [6.45, 7) is 1.28. The number of likely N-dealkylation sites (tertiary alicyclic amines) is 1. The van der Waals surface area contributed by atoms with Crippen LogP contribution in [-0.2, 0) is 10.0 Å². The molecule has 0 atom stereocenters. The molecule has 1 heterocycles. The fourth-order valence-corrected chi connectivity index (χ4v) is 3.06. The van der Waals surface area contributed by atoms with E-state index in [1.54, 1.807) is 29.2 Å². The van der Waals surface area contributed by atoms with Gasteiger partial charge in [0.2, 0.25) is 10.0 Å². The minimum atomic E-state index is -3.40. The maximum Gasteiger partial charge on any atom is 0.314 e. The first kappa shape index (κ1) is 15.6. The second kappa shape index (κ2) is 6.31. The standard InChI is InChI=1S/C13H20N4O3S/c1-15-21(19,20)12-4-2-10(3-5-12)16-11-6-8-17(9-7-11)13(14)18/h2-5,11,15-16H,6-9H2,1H3,(H2,14,18). The molecule has 1 fully saturated rings. The molecule has 21 heavy (non-hydrogen) atoms. The first-order valence-corrected chi connectivity index (χ1v) is 8.25. The first-order chi connectivity index (χ1) is 9.92. The van der Waals surface area contributed by atoms with Gasteiger partial charge in [-0.15, -0.1) is 0 Å². The molecule has 1 aliphatic rings. The Labute approximate surface area is 124 Å². The van der Waals surface area contributed by atoms with Crippen molar-refractivity contribution >= 4 is 21.7 Å². The number of sulfonamides is 1. The molecule has 0 bridgehead atoms. The van der Waals surface area contributed by atoms with E-state index in [2.05, 4.69) is 10.0 Å². The molecular formula is C13H20N4O3S. The van der Waals surface area contributed by atoms with Gasteiger partial charge in [-0.05, 0) is 44.2 Å².